The lowest BCUT2D eigenvalue weighted by molar-refractivity contribution is -0.146. The number of carboxylic acids is 1. The minimum atomic E-state index is -1.07. The highest BCUT2D eigenvalue weighted by atomic mass is 79.9. The van der Waals surface area contributed by atoms with Crippen molar-refractivity contribution in [2.75, 3.05) is 11.9 Å². The molecule has 1 unspecified atom stereocenters. The molecule has 0 saturated heterocycles. The topological polar surface area (TPSA) is 57.6 Å². The maximum absolute atomic E-state index is 11.9. The highest BCUT2D eigenvalue weighted by Crippen LogP contribution is 2.30. The molecular weight excluding hydrogens is 294 g/mol. The normalized spacial score (nSPS) is 12.2. The highest BCUT2D eigenvalue weighted by Gasteiger charge is 2.28. The van der Waals surface area contributed by atoms with Gasteiger partial charge in [0.15, 0.2) is 0 Å². The van der Waals surface area contributed by atoms with Crippen molar-refractivity contribution in [2.24, 2.45) is 5.92 Å². The van der Waals surface area contributed by atoms with E-state index < -0.39 is 11.9 Å². The molecule has 0 aliphatic carbocycles. The summed E-state index contributed by atoms with van der Waals surface area (Å²) in [7, 11) is 1.59. The number of carbonyl (C=O) groups is 2. The van der Waals surface area contributed by atoms with Gasteiger partial charge in [0.25, 0.3) is 0 Å². The molecule has 1 heterocycles. The van der Waals surface area contributed by atoms with Crippen LogP contribution in [0.15, 0.2) is 15.9 Å². The summed E-state index contributed by atoms with van der Waals surface area (Å²) in [6, 6.07) is 3.60. The van der Waals surface area contributed by atoms with E-state index in [0.29, 0.717) is 6.42 Å². The minimum absolute atomic E-state index is 0.297. The Labute approximate surface area is 106 Å². The fourth-order valence-corrected chi connectivity index (χ4v) is 2.61. The highest BCUT2D eigenvalue weighted by molar-refractivity contribution is 9.11. The van der Waals surface area contributed by atoms with Crippen LogP contribution in [0.25, 0.3) is 0 Å². The van der Waals surface area contributed by atoms with Crippen molar-refractivity contribution in [1.82, 2.24) is 0 Å². The van der Waals surface area contributed by atoms with Gasteiger partial charge in [-0.15, -0.1) is 11.3 Å². The standard InChI is InChI=1S/C10H12BrNO3S/c1-3-6(10(14)15)9(13)12(2)8-5-4-7(11)16-8/h4-6H,3H2,1-2H3,(H,14,15). The van der Waals surface area contributed by atoms with Crippen molar-refractivity contribution in [3.63, 3.8) is 0 Å². The lowest BCUT2D eigenvalue weighted by atomic mass is 10.1. The molecule has 1 rings (SSSR count). The molecule has 4 nitrogen and oxygen atoms in total. The van der Waals surface area contributed by atoms with E-state index in [1.807, 2.05) is 6.07 Å². The van der Waals surface area contributed by atoms with E-state index in [1.54, 1.807) is 20.0 Å². The van der Waals surface area contributed by atoms with E-state index in [2.05, 4.69) is 15.9 Å². The molecule has 1 amide bonds. The Hall–Kier alpha value is -0.880. The van der Waals surface area contributed by atoms with Gasteiger partial charge in [-0.25, -0.2) is 0 Å². The van der Waals surface area contributed by atoms with Crippen LogP contribution in [0.1, 0.15) is 13.3 Å². The van der Waals surface area contributed by atoms with Crippen LogP contribution in [0.5, 0.6) is 0 Å². The molecule has 0 fully saturated rings. The maximum atomic E-state index is 11.9. The third-order valence-corrected chi connectivity index (χ3v) is 3.92. The molecule has 0 aliphatic heterocycles. The van der Waals surface area contributed by atoms with E-state index in [9.17, 15) is 9.59 Å². The molecule has 1 N–H and O–H groups in total. The summed E-state index contributed by atoms with van der Waals surface area (Å²) in [5.74, 6) is -2.43. The summed E-state index contributed by atoms with van der Waals surface area (Å²) in [4.78, 5) is 24.1. The second-order valence-electron chi connectivity index (χ2n) is 3.27. The zero-order valence-corrected chi connectivity index (χ0v) is 11.3. The van der Waals surface area contributed by atoms with Crippen LogP contribution in [0.4, 0.5) is 5.00 Å². The van der Waals surface area contributed by atoms with Gasteiger partial charge in [-0.05, 0) is 34.5 Å². The first-order valence-electron chi connectivity index (χ1n) is 4.73. The summed E-state index contributed by atoms with van der Waals surface area (Å²) < 4.78 is 0.908. The Kier molecular flexibility index (Phi) is 4.49. The minimum Gasteiger partial charge on any atom is -0.481 e. The maximum Gasteiger partial charge on any atom is 0.316 e. The fraction of sp³-hybridized carbons (Fsp3) is 0.400. The van der Waals surface area contributed by atoms with Gasteiger partial charge in [0.1, 0.15) is 5.92 Å². The number of anilines is 1. The fourth-order valence-electron chi connectivity index (χ4n) is 1.28. The Balaban J connectivity index is 2.85. The van der Waals surface area contributed by atoms with Gasteiger partial charge in [-0.3, -0.25) is 9.59 Å². The van der Waals surface area contributed by atoms with Gasteiger partial charge >= 0.3 is 5.97 Å². The van der Waals surface area contributed by atoms with Gasteiger partial charge in [-0.2, -0.15) is 0 Å². The molecule has 0 saturated carbocycles. The molecule has 0 spiro atoms. The largest absolute Gasteiger partial charge is 0.481 e. The summed E-state index contributed by atoms with van der Waals surface area (Å²) in [5.41, 5.74) is 0. The number of thiophene rings is 1. The van der Waals surface area contributed by atoms with Gasteiger partial charge in [0, 0.05) is 7.05 Å². The number of aliphatic carboxylic acids is 1. The van der Waals surface area contributed by atoms with Crippen LogP contribution in [0, 0.1) is 5.92 Å². The molecule has 0 aromatic carbocycles. The van der Waals surface area contributed by atoms with Gasteiger partial charge in [0.05, 0.1) is 8.79 Å². The summed E-state index contributed by atoms with van der Waals surface area (Å²) in [5, 5.41) is 9.62. The first kappa shape index (κ1) is 13.2. The van der Waals surface area contributed by atoms with Crippen molar-refractivity contribution in [1.29, 1.82) is 0 Å². The molecule has 16 heavy (non-hydrogen) atoms. The second-order valence-corrected chi connectivity index (χ2v) is 5.72. The molecule has 0 aliphatic rings. The first-order valence-corrected chi connectivity index (χ1v) is 6.34. The van der Waals surface area contributed by atoms with Crippen molar-refractivity contribution in [2.45, 2.75) is 13.3 Å². The average Bonchev–Trinajstić information content (AvgIpc) is 2.64. The zero-order chi connectivity index (χ0) is 12.3. The molecule has 88 valence electrons. The number of rotatable bonds is 4. The van der Waals surface area contributed by atoms with Gasteiger partial charge in [0.2, 0.25) is 5.91 Å². The lowest BCUT2D eigenvalue weighted by Crippen LogP contribution is -2.36. The Morgan fingerprint density at radius 2 is 2.19 bits per heavy atom. The number of amides is 1. The van der Waals surface area contributed by atoms with E-state index in [0.717, 1.165) is 8.79 Å². The van der Waals surface area contributed by atoms with Crippen LogP contribution in [0.2, 0.25) is 0 Å². The van der Waals surface area contributed by atoms with Crippen molar-refractivity contribution in [3.8, 4) is 0 Å². The van der Waals surface area contributed by atoms with Crippen molar-refractivity contribution >= 4 is 44.1 Å². The number of hydrogen-bond donors (Lipinski definition) is 1. The van der Waals surface area contributed by atoms with E-state index in [4.69, 9.17) is 5.11 Å². The molecule has 6 heteroatoms. The molecule has 0 radical (unpaired) electrons. The lowest BCUT2D eigenvalue weighted by Gasteiger charge is -2.18. The molecule has 1 aromatic heterocycles. The van der Waals surface area contributed by atoms with E-state index in [-0.39, 0.29) is 5.91 Å². The molecule has 1 atom stereocenters. The summed E-state index contributed by atoms with van der Waals surface area (Å²) in [6.45, 7) is 1.69. The second kappa shape index (κ2) is 5.45. The number of carboxylic acid groups (broad SMARTS) is 1. The summed E-state index contributed by atoms with van der Waals surface area (Å²) in [6.07, 6.45) is 0.297. The van der Waals surface area contributed by atoms with Crippen LogP contribution >= 0.6 is 27.3 Å². The number of hydrogen-bond acceptors (Lipinski definition) is 3. The molecular formula is C10H12BrNO3S. The Morgan fingerprint density at radius 3 is 2.56 bits per heavy atom. The van der Waals surface area contributed by atoms with Crippen LogP contribution in [0.3, 0.4) is 0 Å². The number of halogens is 1. The number of carbonyl (C=O) groups excluding carboxylic acids is 1. The predicted octanol–water partition coefficient (Wildman–Crippen LogP) is 2.58. The predicted molar refractivity (Wildman–Crippen MR) is 66.8 cm³/mol. The Morgan fingerprint density at radius 1 is 1.56 bits per heavy atom. The average molecular weight is 306 g/mol. The van der Waals surface area contributed by atoms with Crippen LogP contribution < -0.4 is 4.90 Å². The zero-order valence-electron chi connectivity index (χ0n) is 8.94. The van der Waals surface area contributed by atoms with Crippen LogP contribution in [-0.2, 0) is 9.59 Å². The van der Waals surface area contributed by atoms with Gasteiger partial charge in [-0.1, -0.05) is 6.92 Å². The Bertz CT molecular complexity index is 405. The first-order chi connectivity index (χ1) is 7.47. The molecule has 1 aromatic rings. The SMILES string of the molecule is CCC(C(=O)O)C(=O)N(C)c1ccc(Br)s1. The third kappa shape index (κ3) is 2.82. The van der Waals surface area contributed by atoms with E-state index >= 15 is 0 Å². The van der Waals surface area contributed by atoms with Gasteiger partial charge < -0.3 is 10.0 Å². The van der Waals surface area contributed by atoms with Crippen molar-refractivity contribution in [3.05, 3.63) is 15.9 Å². The molecule has 0 bridgehead atoms. The monoisotopic (exact) mass is 305 g/mol. The van der Waals surface area contributed by atoms with Crippen LogP contribution in [-0.4, -0.2) is 24.0 Å². The quantitative estimate of drug-likeness (QED) is 0.870. The van der Waals surface area contributed by atoms with E-state index in [1.165, 1.54) is 16.2 Å². The smallest absolute Gasteiger partial charge is 0.316 e. The number of nitrogens with zero attached hydrogens (tertiary/aromatic N) is 1. The van der Waals surface area contributed by atoms with Crippen molar-refractivity contribution < 1.29 is 14.7 Å². The summed E-state index contributed by atoms with van der Waals surface area (Å²) >= 11 is 4.69. The third-order valence-electron chi connectivity index (χ3n) is 2.22.